The van der Waals surface area contributed by atoms with Crippen LogP contribution in [0.1, 0.15) is 30.8 Å². The lowest BCUT2D eigenvalue weighted by atomic mass is 10.2. The Hall–Kier alpha value is -2.87. The van der Waals surface area contributed by atoms with Crippen molar-refractivity contribution in [2.45, 2.75) is 32.9 Å². The normalized spacial score (nSPS) is 16.6. The Kier molecular flexibility index (Phi) is 5.53. The van der Waals surface area contributed by atoms with Crippen LogP contribution in [-0.4, -0.2) is 45.0 Å². The zero-order valence-corrected chi connectivity index (χ0v) is 17.1. The Morgan fingerprint density at radius 2 is 2.17 bits per heavy atom. The van der Waals surface area contributed by atoms with Gasteiger partial charge in [-0.05, 0) is 36.6 Å². The van der Waals surface area contributed by atoms with Crippen molar-refractivity contribution in [3.8, 4) is 11.3 Å². The van der Waals surface area contributed by atoms with E-state index in [-0.39, 0.29) is 11.9 Å². The number of carbonyl (C=O) groups excluding carboxylic acids is 1. The minimum Gasteiger partial charge on any atom is -0.451 e. The van der Waals surface area contributed by atoms with Crippen molar-refractivity contribution in [1.82, 2.24) is 25.3 Å². The molecule has 0 unspecified atom stereocenters. The Morgan fingerprint density at radius 1 is 1.31 bits per heavy atom. The van der Waals surface area contributed by atoms with Gasteiger partial charge in [-0.1, -0.05) is 25.4 Å². The highest BCUT2D eigenvalue weighted by atomic mass is 35.5. The molecule has 0 radical (unpaired) electrons. The van der Waals surface area contributed by atoms with E-state index in [0.717, 1.165) is 30.9 Å². The largest absolute Gasteiger partial charge is 0.451 e. The number of anilines is 1. The van der Waals surface area contributed by atoms with Gasteiger partial charge in [0.1, 0.15) is 5.76 Å². The van der Waals surface area contributed by atoms with Crippen molar-refractivity contribution in [2.75, 3.05) is 18.0 Å². The highest BCUT2D eigenvalue weighted by Gasteiger charge is 2.26. The van der Waals surface area contributed by atoms with Gasteiger partial charge in [-0.25, -0.2) is 0 Å². The van der Waals surface area contributed by atoms with Gasteiger partial charge < -0.3 is 14.6 Å². The molecule has 1 amide bonds. The van der Waals surface area contributed by atoms with Crippen LogP contribution in [0.25, 0.3) is 11.3 Å². The molecule has 0 saturated carbocycles. The third kappa shape index (κ3) is 4.59. The molecular formula is C20H23ClN6O2. The lowest BCUT2D eigenvalue weighted by molar-refractivity contribution is 0.0913. The molecule has 1 atom stereocenters. The Bertz CT molecular complexity index is 981. The molecule has 8 nitrogen and oxygen atoms in total. The summed E-state index contributed by atoms with van der Waals surface area (Å²) < 4.78 is 7.65. The van der Waals surface area contributed by atoms with Crippen LogP contribution in [0, 0.1) is 5.92 Å². The molecule has 1 saturated heterocycles. The fraction of sp³-hybridized carbons (Fsp3) is 0.400. The molecule has 0 spiro atoms. The molecule has 152 valence electrons. The molecule has 0 bridgehead atoms. The number of halogens is 1. The zero-order chi connectivity index (χ0) is 20.4. The number of rotatable bonds is 6. The van der Waals surface area contributed by atoms with Crippen molar-refractivity contribution in [3.05, 3.63) is 47.6 Å². The van der Waals surface area contributed by atoms with E-state index in [2.05, 4.69) is 39.4 Å². The fourth-order valence-electron chi connectivity index (χ4n) is 3.40. The van der Waals surface area contributed by atoms with Gasteiger partial charge in [0.05, 0.1) is 11.8 Å². The first-order valence-electron chi connectivity index (χ1n) is 9.65. The summed E-state index contributed by atoms with van der Waals surface area (Å²) in [6.45, 7) is 6.57. The van der Waals surface area contributed by atoms with Gasteiger partial charge in [-0.2, -0.15) is 5.10 Å². The number of furan rings is 1. The monoisotopic (exact) mass is 414 g/mol. The van der Waals surface area contributed by atoms with Gasteiger partial charge in [0.25, 0.3) is 5.91 Å². The van der Waals surface area contributed by atoms with E-state index < -0.39 is 0 Å². The fourth-order valence-corrected chi connectivity index (χ4v) is 3.50. The molecule has 4 heterocycles. The molecule has 9 heteroatoms. The molecule has 1 fully saturated rings. The van der Waals surface area contributed by atoms with Gasteiger partial charge in [0.15, 0.2) is 16.7 Å². The lowest BCUT2D eigenvalue weighted by Crippen LogP contribution is -2.37. The molecule has 1 aliphatic rings. The van der Waals surface area contributed by atoms with Crippen LogP contribution < -0.4 is 10.2 Å². The minimum atomic E-state index is -0.222. The number of nitrogens with zero attached hydrogens (tertiary/aromatic N) is 5. The molecule has 3 aromatic heterocycles. The summed E-state index contributed by atoms with van der Waals surface area (Å²) in [5.74, 6) is 1.96. The van der Waals surface area contributed by atoms with E-state index in [0.29, 0.717) is 29.1 Å². The summed E-state index contributed by atoms with van der Waals surface area (Å²) in [4.78, 5) is 14.7. The molecular weight excluding hydrogens is 392 g/mol. The van der Waals surface area contributed by atoms with Gasteiger partial charge in [0.2, 0.25) is 0 Å². The predicted octanol–water partition coefficient (Wildman–Crippen LogP) is 3.25. The third-order valence-electron chi connectivity index (χ3n) is 4.77. The van der Waals surface area contributed by atoms with Gasteiger partial charge in [-0.3, -0.25) is 9.48 Å². The van der Waals surface area contributed by atoms with Crippen LogP contribution in [-0.2, 0) is 6.54 Å². The Balaban J connectivity index is 1.36. The number of nitrogens with one attached hydrogen (secondary N) is 1. The first-order valence-corrected chi connectivity index (χ1v) is 10.0. The zero-order valence-electron chi connectivity index (χ0n) is 16.4. The second-order valence-electron chi connectivity index (χ2n) is 7.63. The van der Waals surface area contributed by atoms with Crippen LogP contribution in [0.15, 0.2) is 41.1 Å². The second-order valence-corrected chi connectivity index (χ2v) is 8.02. The van der Waals surface area contributed by atoms with Crippen molar-refractivity contribution in [1.29, 1.82) is 0 Å². The van der Waals surface area contributed by atoms with Crippen molar-refractivity contribution in [3.63, 3.8) is 0 Å². The highest BCUT2D eigenvalue weighted by molar-refractivity contribution is 6.29. The number of carbonyl (C=O) groups is 1. The number of amides is 1. The maximum Gasteiger partial charge on any atom is 0.287 e. The van der Waals surface area contributed by atoms with Crippen LogP contribution in [0.3, 0.4) is 0 Å². The highest BCUT2D eigenvalue weighted by Crippen LogP contribution is 2.23. The van der Waals surface area contributed by atoms with Gasteiger partial charge >= 0.3 is 0 Å². The SMILES string of the molecule is CC(C)Cn1cc(-c2ccc(C(=O)N[C@H]3CCN(c4ccc(Cl)nn4)C3)o2)cn1. The first kappa shape index (κ1) is 19.4. The minimum absolute atomic E-state index is 0.0160. The molecule has 0 aromatic carbocycles. The van der Waals surface area contributed by atoms with E-state index in [4.69, 9.17) is 16.0 Å². The van der Waals surface area contributed by atoms with E-state index in [1.54, 1.807) is 24.4 Å². The van der Waals surface area contributed by atoms with E-state index in [1.165, 1.54) is 0 Å². The quantitative estimate of drug-likeness (QED) is 0.666. The summed E-state index contributed by atoms with van der Waals surface area (Å²) in [6.07, 6.45) is 4.51. The average molecular weight is 415 g/mol. The van der Waals surface area contributed by atoms with E-state index in [9.17, 15) is 4.79 Å². The molecule has 3 aromatic rings. The Morgan fingerprint density at radius 3 is 2.93 bits per heavy atom. The van der Waals surface area contributed by atoms with Crippen LogP contribution >= 0.6 is 11.6 Å². The summed E-state index contributed by atoms with van der Waals surface area (Å²) in [5.41, 5.74) is 0.859. The van der Waals surface area contributed by atoms with Crippen molar-refractivity contribution in [2.24, 2.45) is 5.92 Å². The van der Waals surface area contributed by atoms with Gasteiger partial charge in [-0.15, -0.1) is 10.2 Å². The third-order valence-corrected chi connectivity index (χ3v) is 4.97. The maximum atomic E-state index is 12.6. The summed E-state index contributed by atoms with van der Waals surface area (Å²) >= 11 is 5.79. The van der Waals surface area contributed by atoms with Crippen LogP contribution in [0.5, 0.6) is 0 Å². The predicted molar refractivity (Wildman–Crippen MR) is 110 cm³/mol. The Labute approximate surface area is 173 Å². The van der Waals surface area contributed by atoms with Crippen molar-refractivity contribution < 1.29 is 9.21 Å². The van der Waals surface area contributed by atoms with Crippen molar-refractivity contribution >= 4 is 23.3 Å². The summed E-state index contributed by atoms with van der Waals surface area (Å²) in [7, 11) is 0. The smallest absolute Gasteiger partial charge is 0.287 e. The maximum absolute atomic E-state index is 12.6. The van der Waals surface area contributed by atoms with E-state index >= 15 is 0 Å². The van der Waals surface area contributed by atoms with Crippen LogP contribution in [0.2, 0.25) is 5.15 Å². The van der Waals surface area contributed by atoms with Crippen LogP contribution in [0.4, 0.5) is 5.82 Å². The first-order chi connectivity index (χ1) is 14.0. The number of aromatic nitrogens is 4. The average Bonchev–Trinajstić information content (AvgIpc) is 3.42. The van der Waals surface area contributed by atoms with Gasteiger partial charge in [0, 0.05) is 31.9 Å². The number of hydrogen-bond acceptors (Lipinski definition) is 6. The molecule has 0 aliphatic carbocycles. The molecule has 4 rings (SSSR count). The summed E-state index contributed by atoms with van der Waals surface area (Å²) in [6, 6.07) is 7.06. The lowest BCUT2D eigenvalue weighted by Gasteiger charge is -2.17. The second kappa shape index (κ2) is 8.24. The summed E-state index contributed by atoms with van der Waals surface area (Å²) in [5, 5.41) is 15.7. The molecule has 1 N–H and O–H groups in total. The molecule has 1 aliphatic heterocycles. The molecule has 29 heavy (non-hydrogen) atoms. The standard InChI is InChI=1S/C20H23ClN6O2/c1-13(2)10-27-11-14(9-22-27)16-3-4-17(29-16)20(28)23-15-7-8-26(12-15)19-6-5-18(21)24-25-19/h3-6,9,11,13,15H,7-8,10,12H2,1-2H3,(H,23,28)/t15-/m0/s1. The number of hydrogen-bond donors (Lipinski definition) is 1. The topological polar surface area (TPSA) is 89.1 Å². The van der Waals surface area contributed by atoms with E-state index in [1.807, 2.05) is 16.9 Å².